The first-order valence-corrected chi connectivity index (χ1v) is 8.01. The van der Waals surface area contributed by atoms with Gasteiger partial charge in [0.1, 0.15) is 0 Å². The van der Waals surface area contributed by atoms with Gasteiger partial charge in [0.25, 0.3) is 0 Å². The molecule has 0 aromatic heterocycles. The summed E-state index contributed by atoms with van der Waals surface area (Å²) in [6, 6.07) is 14.9. The highest BCUT2D eigenvalue weighted by molar-refractivity contribution is 9.11. The van der Waals surface area contributed by atoms with Crippen LogP contribution in [-0.4, -0.2) is 0 Å². The van der Waals surface area contributed by atoms with Crippen molar-refractivity contribution >= 4 is 31.9 Å². The van der Waals surface area contributed by atoms with Crippen molar-refractivity contribution in [1.82, 2.24) is 0 Å². The van der Waals surface area contributed by atoms with Gasteiger partial charge in [0.2, 0.25) is 0 Å². The molecule has 0 aliphatic heterocycles. The lowest BCUT2D eigenvalue weighted by molar-refractivity contribution is 0.452. The SMILES string of the molecule is NC(c1cc(Br)ccc1Br)C1Cc2ccccc2C1. The molecule has 2 aromatic carbocycles. The second kappa shape index (κ2) is 5.39. The molecule has 0 fully saturated rings. The first-order chi connectivity index (χ1) is 9.15. The van der Waals surface area contributed by atoms with Crippen molar-refractivity contribution in [1.29, 1.82) is 0 Å². The molecule has 1 atom stereocenters. The monoisotopic (exact) mass is 379 g/mol. The quantitative estimate of drug-likeness (QED) is 0.807. The number of hydrogen-bond acceptors (Lipinski definition) is 1. The summed E-state index contributed by atoms with van der Waals surface area (Å²) in [5, 5.41) is 0. The Morgan fingerprint density at radius 3 is 2.26 bits per heavy atom. The lowest BCUT2D eigenvalue weighted by Gasteiger charge is -2.21. The second-order valence-corrected chi connectivity index (χ2v) is 6.90. The van der Waals surface area contributed by atoms with Gasteiger partial charge in [0.15, 0.2) is 0 Å². The molecule has 3 rings (SSSR count). The first-order valence-electron chi connectivity index (χ1n) is 6.42. The minimum Gasteiger partial charge on any atom is -0.324 e. The van der Waals surface area contributed by atoms with Crippen LogP contribution in [-0.2, 0) is 12.8 Å². The summed E-state index contributed by atoms with van der Waals surface area (Å²) in [4.78, 5) is 0. The molecule has 2 N–H and O–H groups in total. The van der Waals surface area contributed by atoms with Crippen molar-refractivity contribution in [2.75, 3.05) is 0 Å². The fourth-order valence-corrected chi connectivity index (χ4v) is 3.76. The topological polar surface area (TPSA) is 26.0 Å². The van der Waals surface area contributed by atoms with E-state index < -0.39 is 0 Å². The number of halogens is 2. The van der Waals surface area contributed by atoms with Crippen molar-refractivity contribution in [3.05, 3.63) is 68.1 Å². The van der Waals surface area contributed by atoms with E-state index in [0.717, 1.165) is 21.8 Å². The van der Waals surface area contributed by atoms with Crippen molar-refractivity contribution in [3.8, 4) is 0 Å². The van der Waals surface area contributed by atoms with E-state index in [1.807, 2.05) is 6.07 Å². The van der Waals surface area contributed by atoms with Crippen LogP contribution >= 0.6 is 31.9 Å². The number of hydrogen-bond donors (Lipinski definition) is 1. The Bertz CT molecular complexity index is 584. The van der Waals surface area contributed by atoms with E-state index in [4.69, 9.17) is 5.73 Å². The summed E-state index contributed by atoms with van der Waals surface area (Å²) in [5.41, 5.74) is 10.6. The van der Waals surface area contributed by atoms with Gasteiger partial charge in [-0.05, 0) is 53.6 Å². The number of rotatable bonds is 2. The zero-order valence-electron chi connectivity index (χ0n) is 10.4. The van der Waals surface area contributed by atoms with Crippen molar-refractivity contribution < 1.29 is 0 Å². The van der Waals surface area contributed by atoms with E-state index in [9.17, 15) is 0 Å². The average Bonchev–Trinajstić information content (AvgIpc) is 2.84. The second-order valence-electron chi connectivity index (χ2n) is 5.13. The molecule has 98 valence electrons. The molecule has 1 unspecified atom stereocenters. The van der Waals surface area contributed by atoms with Gasteiger partial charge < -0.3 is 5.73 Å². The number of nitrogens with two attached hydrogens (primary N) is 1. The van der Waals surface area contributed by atoms with Crippen LogP contribution in [0.3, 0.4) is 0 Å². The summed E-state index contributed by atoms with van der Waals surface area (Å²) in [5.74, 6) is 0.489. The maximum atomic E-state index is 6.50. The molecule has 0 bridgehead atoms. The zero-order chi connectivity index (χ0) is 13.4. The van der Waals surface area contributed by atoms with Gasteiger partial charge in [-0.25, -0.2) is 0 Å². The third-order valence-corrected chi connectivity index (χ3v) is 5.12. The van der Waals surface area contributed by atoms with Gasteiger partial charge in [-0.2, -0.15) is 0 Å². The molecule has 1 aliphatic rings. The standard InChI is InChI=1S/C16H15Br2N/c17-13-5-6-15(18)14(9-13)16(19)12-7-10-3-1-2-4-11(10)8-12/h1-6,9,12,16H,7-8,19H2. The van der Waals surface area contributed by atoms with Crippen molar-refractivity contribution in [2.45, 2.75) is 18.9 Å². The van der Waals surface area contributed by atoms with Crippen LogP contribution in [0.5, 0.6) is 0 Å². The van der Waals surface area contributed by atoms with Crippen LogP contribution in [0.2, 0.25) is 0 Å². The lowest BCUT2D eigenvalue weighted by Crippen LogP contribution is -2.22. The predicted octanol–water partition coefficient (Wildman–Crippen LogP) is 4.63. The molecular formula is C16H15Br2N. The van der Waals surface area contributed by atoms with Gasteiger partial charge in [0.05, 0.1) is 0 Å². The van der Waals surface area contributed by atoms with E-state index in [0.29, 0.717) is 5.92 Å². The van der Waals surface area contributed by atoms with E-state index in [1.165, 1.54) is 16.7 Å². The summed E-state index contributed by atoms with van der Waals surface area (Å²) in [6.45, 7) is 0. The molecule has 3 heteroatoms. The van der Waals surface area contributed by atoms with Gasteiger partial charge >= 0.3 is 0 Å². The Hall–Kier alpha value is -0.640. The van der Waals surface area contributed by atoms with Crippen LogP contribution in [0.1, 0.15) is 22.7 Å². The van der Waals surface area contributed by atoms with Crippen LogP contribution in [0.15, 0.2) is 51.4 Å². The Kier molecular flexibility index (Phi) is 3.79. The highest BCUT2D eigenvalue weighted by Crippen LogP contribution is 2.37. The van der Waals surface area contributed by atoms with Crippen LogP contribution in [0, 0.1) is 5.92 Å². The van der Waals surface area contributed by atoms with E-state index in [-0.39, 0.29) is 6.04 Å². The maximum Gasteiger partial charge on any atom is 0.0341 e. The van der Waals surface area contributed by atoms with Gasteiger partial charge in [0, 0.05) is 15.0 Å². The van der Waals surface area contributed by atoms with Gasteiger partial charge in [-0.1, -0.05) is 56.1 Å². The molecule has 1 nitrogen and oxygen atoms in total. The highest BCUT2D eigenvalue weighted by Gasteiger charge is 2.28. The molecule has 0 radical (unpaired) electrons. The smallest absolute Gasteiger partial charge is 0.0341 e. The van der Waals surface area contributed by atoms with E-state index >= 15 is 0 Å². The largest absolute Gasteiger partial charge is 0.324 e. The van der Waals surface area contributed by atoms with Crippen LogP contribution < -0.4 is 5.73 Å². The minimum absolute atomic E-state index is 0.0688. The molecule has 0 saturated carbocycles. The normalized spacial score (nSPS) is 16.4. The predicted molar refractivity (Wildman–Crippen MR) is 86.1 cm³/mol. The Morgan fingerprint density at radius 1 is 1.00 bits per heavy atom. The molecule has 0 heterocycles. The van der Waals surface area contributed by atoms with Crippen LogP contribution in [0.25, 0.3) is 0 Å². The number of fused-ring (bicyclic) bond motifs is 1. The van der Waals surface area contributed by atoms with E-state index in [2.05, 4.69) is 68.3 Å². The molecule has 0 spiro atoms. The third kappa shape index (κ3) is 2.64. The minimum atomic E-state index is 0.0688. The van der Waals surface area contributed by atoms with Crippen LogP contribution in [0.4, 0.5) is 0 Å². The van der Waals surface area contributed by atoms with Gasteiger partial charge in [-0.15, -0.1) is 0 Å². The first kappa shape index (κ1) is 13.3. The summed E-state index contributed by atoms with van der Waals surface area (Å²) in [6.07, 6.45) is 2.16. The van der Waals surface area contributed by atoms with Gasteiger partial charge in [-0.3, -0.25) is 0 Å². The summed E-state index contributed by atoms with van der Waals surface area (Å²) < 4.78 is 2.18. The molecule has 1 aliphatic carbocycles. The Morgan fingerprint density at radius 2 is 1.63 bits per heavy atom. The summed E-state index contributed by atoms with van der Waals surface area (Å²) in [7, 11) is 0. The fraction of sp³-hybridized carbons (Fsp3) is 0.250. The highest BCUT2D eigenvalue weighted by atomic mass is 79.9. The summed E-state index contributed by atoms with van der Waals surface area (Å²) >= 11 is 7.14. The van der Waals surface area contributed by atoms with Crippen molar-refractivity contribution in [3.63, 3.8) is 0 Å². The van der Waals surface area contributed by atoms with E-state index in [1.54, 1.807) is 0 Å². The third-order valence-electron chi connectivity index (χ3n) is 3.91. The molecule has 2 aromatic rings. The molecule has 19 heavy (non-hydrogen) atoms. The average molecular weight is 381 g/mol. The van der Waals surface area contributed by atoms with Crippen molar-refractivity contribution in [2.24, 2.45) is 11.7 Å². The molecule has 0 amide bonds. The Labute approximate surface area is 130 Å². The lowest BCUT2D eigenvalue weighted by atomic mass is 9.91. The molecular weight excluding hydrogens is 366 g/mol. The Balaban J connectivity index is 1.87. The fourth-order valence-electron chi connectivity index (χ4n) is 2.87. The number of benzene rings is 2. The molecule has 0 saturated heterocycles. The maximum absolute atomic E-state index is 6.50. The zero-order valence-corrected chi connectivity index (χ0v) is 13.6.